The van der Waals surface area contributed by atoms with Crippen molar-refractivity contribution in [2.75, 3.05) is 33.3 Å². The van der Waals surface area contributed by atoms with E-state index in [1.807, 2.05) is 7.11 Å². The van der Waals surface area contributed by atoms with Gasteiger partial charge in [-0.05, 0) is 25.3 Å². The number of likely N-dealkylation sites (tertiary alicyclic amines) is 1. The Kier molecular flexibility index (Phi) is 6.32. The maximum atomic E-state index is 5.38. The van der Waals surface area contributed by atoms with Gasteiger partial charge >= 0.3 is 0 Å². The van der Waals surface area contributed by atoms with Crippen molar-refractivity contribution in [1.82, 2.24) is 10.2 Å². The van der Waals surface area contributed by atoms with Crippen molar-refractivity contribution in [1.29, 1.82) is 0 Å². The molecule has 1 rings (SSSR count). The predicted octanol–water partition coefficient (Wildman–Crippen LogP) is 1.73. The fourth-order valence-electron chi connectivity index (χ4n) is 2.27. The first-order valence-electron chi connectivity index (χ1n) is 6.60. The van der Waals surface area contributed by atoms with Gasteiger partial charge in [0.1, 0.15) is 0 Å². The van der Waals surface area contributed by atoms with Gasteiger partial charge in [0.15, 0.2) is 0 Å². The second kappa shape index (κ2) is 7.25. The van der Waals surface area contributed by atoms with Crippen LogP contribution < -0.4 is 5.32 Å². The number of nitrogens with one attached hydrogen (secondary N) is 1. The summed E-state index contributed by atoms with van der Waals surface area (Å²) in [7, 11) is 1.83. The average molecular weight is 228 g/mol. The molecule has 1 saturated heterocycles. The van der Waals surface area contributed by atoms with Gasteiger partial charge in [-0.25, -0.2) is 0 Å². The first-order valence-corrected chi connectivity index (χ1v) is 6.60. The Morgan fingerprint density at radius 1 is 1.25 bits per heavy atom. The lowest BCUT2D eigenvalue weighted by molar-refractivity contribution is 0.0372. The van der Waals surface area contributed by atoms with Crippen LogP contribution in [0.4, 0.5) is 0 Å². The van der Waals surface area contributed by atoms with E-state index in [1.165, 1.54) is 32.5 Å². The minimum Gasteiger partial charge on any atom is -0.381 e. The molecule has 0 bridgehead atoms. The van der Waals surface area contributed by atoms with Gasteiger partial charge in [0, 0.05) is 32.8 Å². The van der Waals surface area contributed by atoms with Crippen LogP contribution in [0.5, 0.6) is 0 Å². The zero-order valence-electron chi connectivity index (χ0n) is 11.3. The van der Waals surface area contributed by atoms with Gasteiger partial charge in [-0.2, -0.15) is 0 Å². The van der Waals surface area contributed by atoms with Crippen LogP contribution in [0.3, 0.4) is 0 Å². The monoisotopic (exact) mass is 228 g/mol. The third-order valence-electron chi connectivity index (χ3n) is 3.31. The topological polar surface area (TPSA) is 24.5 Å². The predicted molar refractivity (Wildman–Crippen MR) is 68.8 cm³/mol. The molecule has 16 heavy (non-hydrogen) atoms. The maximum absolute atomic E-state index is 5.38. The Balaban J connectivity index is 2.13. The van der Waals surface area contributed by atoms with E-state index < -0.39 is 0 Å². The van der Waals surface area contributed by atoms with Crippen LogP contribution in [0.15, 0.2) is 0 Å². The molecule has 0 aromatic carbocycles. The maximum Gasteiger partial charge on any atom is 0.0595 e. The minimum atomic E-state index is 0.500. The van der Waals surface area contributed by atoms with Crippen molar-refractivity contribution in [3.05, 3.63) is 0 Å². The van der Waals surface area contributed by atoms with Crippen LogP contribution in [0.2, 0.25) is 0 Å². The van der Waals surface area contributed by atoms with Crippen molar-refractivity contribution in [2.24, 2.45) is 5.92 Å². The second-order valence-electron chi connectivity index (χ2n) is 5.40. The number of piperidine rings is 1. The molecule has 0 saturated carbocycles. The summed E-state index contributed by atoms with van der Waals surface area (Å²) in [5.41, 5.74) is 0. The first-order chi connectivity index (χ1) is 7.61. The first kappa shape index (κ1) is 13.9. The molecule has 3 nitrogen and oxygen atoms in total. The summed E-state index contributed by atoms with van der Waals surface area (Å²) in [6.07, 6.45) is 2.89. The molecule has 96 valence electrons. The number of hydrogen-bond acceptors (Lipinski definition) is 3. The number of ether oxygens (including phenoxy) is 1. The Morgan fingerprint density at radius 3 is 2.38 bits per heavy atom. The summed E-state index contributed by atoms with van der Waals surface area (Å²) in [5.74, 6) is 0.737. The summed E-state index contributed by atoms with van der Waals surface area (Å²) < 4.78 is 5.38. The van der Waals surface area contributed by atoms with E-state index in [-0.39, 0.29) is 0 Å². The minimum absolute atomic E-state index is 0.500. The lowest BCUT2D eigenvalue weighted by Crippen LogP contribution is -2.41. The van der Waals surface area contributed by atoms with Gasteiger partial charge < -0.3 is 15.0 Å². The van der Waals surface area contributed by atoms with Gasteiger partial charge in [-0.15, -0.1) is 0 Å². The van der Waals surface area contributed by atoms with Crippen LogP contribution in [0.1, 0.15) is 33.6 Å². The highest BCUT2D eigenvalue weighted by atomic mass is 16.5. The molecule has 1 aliphatic heterocycles. The van der Waals surface area contributed by atoms with Crippen LogP contribution in [-0.4, -0.2) is 50.3 Å². The van der Waals surface area contributed by atoms with E-state index in [0.717, 1.165) is 12.5 Å². The molecule has 0 spiro atoms. The molecule has 1 heterocycles. The van der Waals surface area contributed by atoms with Crippen molar-refractivity contribution >= 4 is 0 Å². The molecule has 0 aliphatic carbocycles. The molecular weight excluding hydrogens is 200 g/mol. The summed E-state index contributed by atoms with van der Waals surface area (Å²) in [6, 6.07) is 0.599. The highest BCUT2D eigenvalue weighted by molar-refractivity contribution is 4.74. The third kappa shape index (κ3) is 5.28. The molecule has 0 radical (unpaired) electrons. The van der Waals surface area contributed by atoms with Crippen LogP contribution in [0, 0.1) is 5.92 Å². The van der Waals surface area contributed by atoms with Crippen molar-refractivity contribution in [2.45, 2.75) is 45.8 Å². The highest BCUT2D eigenvalue weighted by Gasteiger charge is 2.19. The molecule has 1 atom stereocenters. The Labute approximate surface area is 101 Å². The van der Waals surface area contributed by atoms with E-state index in [4.69, 9.17) is 4.74 Å². The van der Waals surface area contributed by atoms with Crippen molar-refractivity contribution < 1.29 is 4.74 Å². The number of methoxy groups -OCH3 is 1. The van der Waals surface area contributed by atoms with E-state index in [9.17, 15) is 0 Å². The van der Waals surface area contributed by atoms with E-state index >= 15 is 0 Å². The molecule has 0 aromatic heterocycles. The molecule has 1 aliphatic rings. The summed E-state index contributed by atoms with van der Waals surface area (Å²) in [4.78, 5) is 2.57. The largest absolute Gasteiger partial charge is 0.381 e. The van der Waals surface area contributed by atoms with Crippen LogP contribution in [-0.2, 0) is 4.74 Å². The van der Waals surface area contributed by atoms with Crippen LogP contribution >= 0.6 is 0 Å². The summed E-state index contributed by atoms with van der Waals surface area (Å²) >= 11 is 0. The van der Waals surface area contributed by atoms with E-state index in [0.29, 0.717) is 12.1 Å². The van der Waals surface area contributed by atoms with E-state index in [1.54, 1.807) is 0 Å². The van der Waals surface area contributed by atoms with Gasteiger partial charge in [0.2, 0.25) is 0 Å². The smallest absolute Gasteiger partial charge is 0.0595 e. The molecule has 3 heteroatoms. The fraction of sp³-hybridized carbons (Fsp3) is 1.00. The Bertz CT molecular complexity index is 177. The normalized spacial score (nSPS) is 21.6. The third-order valence-corrected chi connectivity index (χ3v) is 3.31. The fourth-order valence-corrected chi connectivity index (χ4v) is 2.27. The lowest BCUT2D eigenvalue weighted by atomic mass is 10.1. The van der Waals surface area contributed by atoms with Crippen molar-refractivity contribution in [3.63, 3.8) is 0 Å². The molecule has 0 amide bonds. The van der Waals surface area contributed by atoms with Crippen LogP contribution in [0.25, 0.3) is 0 Å². The van der Waals surface area contributed by atoms with Gasteiger partial charge in [0.25, 0.3) is 0 Å². The SMILES string of the molecule is COC1CCN(CC(C)CNC(C)C)CC1. The van der Waals surface area contributed by atoms with Gasteiger partial charge in [-0.3, -0.25) is 0 Å². The Morgan fingerprint density at radius 2 is 1.88 bits per heavy atom. The summed E-state index contributed by atoms with van der Waals surface area (Å²) in [6.45, 7) is 11.5. The zero-order chi connectivity index (χ0) is 12.0. The molecule has 1 N–H and O–H groups in total. The van der Waals surface area contributed by atoms with Crippen molar-refractivity contribution in [3.8, 4) is 0 Å². The highest BCUT2D eigenvalue weighted by Crippen LogP contribution is 2.14. The second-order valence-corrected chi connectivity index (χ2v) is 5.40. The van der Waals surface area contributed by atoms with E-state index in [2.05, 4.69) is 31.0 Å². The van der Waals surface area contributed by atoms with Gasteiger partial charge in [0.05, 0.1) is 6.10 Å². The molecule has 1 fully saturated rings. The standard InChI is InChI=1S/C13H28N2O/c1-11(2)14-9-12(3)10-15-7-5-13(16-4)6-8-15/h11-14H,5-10H2,1-4H3. The number of rotatable bonds is 6. The molecule has 1 unspecified atom stereocenters. The number of hydrogen-bond donors (Lipinski definition) is 1. The number of nitrogens with zero attached hydrogens (tertiary/aromatic N) is 1. The van der Waals surface area contributed by atoms with Gasteiger partial charge in [-0.1, -0.05) is 20.8 Å². The average Bonchev–Trinajstić information content (AvgIpc) is 2.27. The lowest BCUT2D eigenvalue weighted by Gasteiger charge is -2.33. The summed E-state index contributed by atoms with van der Waals surface area (Å²) in [5, 5.41) is 3.50. The zero-order valence-corrected chi connectivity index (χ0v) is 11.3. The molecular formula is C13H28N2O. The Hall–Kier alpha value is -0.120. The quantitative estimate of drug-likeness (QED) is 0.749. The molecule has 0 aromatic rings.